The van der Waals surface area contributed by atoms with Crippen LogP contribution in [0.4, 0.5) is 4.39 Å². The van der Waals surface area contributed by atoms with E-state index in [0.29, 0.717) is 22.3 Å². The highest BCUT2D eigenvalue weighted by atomic mass is 35.5. The van der Waals surface area contributed by atoms with E-state index in [9.17, 15) is 9.18 Å². The van der Waals surface area contributed by atoms with E-state index < -0.39 is 0 Å². The first-order valence-electron chi connectivity index (χ1n) is 9.19. The van der Waals surface area contributed by atoms with Crippen molar-refractivity contribution in [2.75, 3.05) is 19.7 Å². The van der Waals surface area contributed by atoms with E-state index in [4.69, 9.17) is 27.9 Å². The SMILES string of the molecule is C[C@@H]1CN(C(=O)COc2ccc(Cl)c(Cl)c2)[C@@H](C)CN1Cc1ccc(F)cc1. The predicted octanol–water partition coefficient (Wildman–Crippen LogP) is 4.63. The predicted molar refractivity (Wildman–Crippen MR) is 109 cm³/mol. The van der Waals surface area contributed by atoms with E-state index in [2.05, 4.69) is 11.8 Å². The zero-order valence-electron chi connectivity index (χ0n) is 15.9. The number of hydrogen-bond donors (Lipinski definition) is 0. The van der Waals surface area contributed by atoms with Crippen LogP contribution in [0.3, 0.4) is 0 Å². The summed E-state index contributed by atoms with van der Waals surface area (Å²) in [6, 6.07) is 11.7. The number of benzene rings is 2. The molecule has 1 fully saturated rings. The number of nitrogens with zero attached hydrogens (tertiary/aromatic N) is 2. The lowest BCUT2D eigenvalue weighted by Gasteiger charge is -2.44. The molecule has 0 aromatic heterocycles. The fourth-order valence-corrected chi connectivity index (χ4v) is 3.67. The Morgan fingerprint density at radius 2 is 1.79 bits per heavy atom. The van der Waals surface area contributed by atoms with Crippen molar-refractivity contribution in [3.63, 3.8) is 0 Å². The zero-order chi connectivity index (χ0) is 20.3. The lowest BCUT2D eigenvalue weighted by atomic mass is 10.1. The van der Waals surface area contributed by atoms with Gasteiger partial charge in [0, 0.05) is 37.8 Å². The molecule has 0 saturated carbocycles. The first-order valence-corrected chi connectivity index (χ1v) is 9.95. The van der Waals surface area contributed by atoms with E-state index >= 15 is 0 Å². The van der Waals surface area contributed by atoms with Crippen molar-refractivity contribution >= 4 is 29.1 Å². The van der Waals surface area contributed by atoms with Crippen molar-refractivity contribution in [3.8, 4) is 5.75 Å². The van der Waals surface area contributed by atoms with Gasteiger partial charge < -0.3 is 9.64 Å². The molecule has 1 aliphatic rings. The molecule has 0 spiro atoms. The molecule has 4 nitrogen and oxygen atoms in total. The van der Waals surface area contributed by atoms with Crippen molar-refractivity contribution in [2.24, 2.45) is 0 Å². The fraction of sp³-hybridized carbons (Fsp3) is 0.381. The minimum absolute atomic E-state index is 0.0486. The van der Waals surface area contributed by atoms with Crippen molar-refractivity contribution in [3.05, 3.63) is 63.9 Å². The summed E-state index contributed by atoms with van der Waals surface area (Å²) in [5.41, 5.74) is 1.06. The van der Waals surface area contributed by atoms with E-state index in [-0.39, 0.29) is 30.4 Å². The molecule has 0 unspecified atom stereocenters. The maximum Gasteiger partial charge on any atom is 0.260 e. The highest BCUT2D eigenvalue weighted by molar-refractivity contribution is 6.42. The number of halogens is 3. The second-order valence-electron chi connectivity index (χ2n) is 7.16. The minimum Gasteiger partial charge on any atom is -0.484 e. The Labute approximate surface area is 174 Å². The van der Waals surface area contributed by atoms with Gasteiger partial charge in [0.1, 0.15) is 11.6 Å². The van der Waals surface area contributed by atoms with Crippen LogP contribution < -0.4 is 4.74 Å². The largest absolute Gasteiger partial charge is 0.484 e. The summed E-state index contributed by atoms with van der Waals surface area (Å²) < 4.78 is 18.7. The summed E-state index contributed by atoms with van der Waals surface area (Å²) >= 11 is 11.9. The molecule has 1 heterocycles. The summed E-state index contributed by atoms with van der Waals surface area (Å²) in [6.07, 6.45) is 0. The summed E-state index contributed by atoms with van der Waals surface area (Å²) in [4.78, 5) is 16.8. The number of piperazine rings is 1. The van der Waals surface area contributed by atoms with E-state index in [1.165, 1.54) is 12.1 Å². The molecule has 2 atom stereocenters. The molecule has 0 aliphatic carbocycles. The van der Waals surface area contributed by atoms with Crippen LogP contribution in [0.2, 0.25) is 10.0 Å². The smallest absolute Gasteiger partial charge is 0.260 e. The number of carbonyl (C=O) groups is 1. The Balaban J connectivity index is 1.56. The number of ether oxygens (including phenoxy) is 1. The minimum atomic E-state index is -0.234. The normalized spacial score (nSPS) is 20.2. The fourth-order valence-electron chi connectivity index (χ4n) is 3.38. The Morgan fingerprint density at radius 3 is 2.46 bits per heavy atom. The molecule has 1 aliphatic heterocycles. The van der Waals surface area contributed by atoms with Crippen LogP contribution in [-0.4, -0.2) is 47.5 Å². The lowest BCUT2D eigenvalue weighted by Crippen LogP contribution is -2.58. The van der Waals surface area contributed by atoms with Gasteiger partial charge in [-0.25, -0.2) is 4.39 Å². The quantitative estimate of drug-likeness (QED) is 0.700. The topological polar surface area (TPSA) is 32.8 Å². The van der Waals surface area contributed by atoms with Crippen LogP contribution in [0.1, 0.15) is 19.4 Å². The van der Waals surface area contributed by atoms with Crippen molar-refractivity contribution < 1.29 is 13.9 Å². The summed E-state index contributed by atoms with van der Waals surface area (Å²) in [7, 11) is 0. The third kappa shape index (κ3) is 5.16. The van der Waals surface area contributed by atoms with Crippen molar-refractivity contribution in [1.29, 1.82) is 0 Å². The van der Waals surface area contributed by atoms with Crippen LogP contribution in [0.25, 0.3) is 0 Å². The molecule has 2 aromatic carbocycles. The summed E-state index contributed by atoms with van der Waals surface area (Å²) in [5, 5.41) is 0.836. The van der Waals surface area contributed by atoms with Gasteiger partial charge in [0.2, 0.25) is 0 Å². The van der Waals surface area contributed by atoms with Crippen LogP contribution in [-0.2, 0) is 11.3 Å². The lowest BCUT2D eigenvalue weighted by molar-refractivity contribution is -0.139. The van der Waals surface area contributed by atoms with Gasteiger partial charge in [-0.3, -0.25) is 9.69 Å². The van der Waals surface area contributed by atoms with Crippen LogP contribution in [0, 0.1) is 5.82 Å². The molecule has 28 heavy (non-hydrogen) atoms. The number of rotatable bonds is 5. The van der Waals surface area contributed by atoms with Crippen LogP contribution >= 0.6 is 23.2 Å². The number of amides is 1. The van der Waals surface area contributed by atoms with Gasteiger partial charge in [0.05, 0.1) is 10.0 Å². The van der Waals surface area contributed by atoms with Gasteiger partial charge in [0.15, 0.2) is 6.61 Å². The maximum absolute atomic E-state index is 13.1. The molecule has 0 radical (unpaired) electrons. The van der Waals surface area contributed by atoms with Gasteiger partial charge in [-0.1, -0.05) is 35.3 Å². The first-order chi connectivity index (χ1) is 13.3. The molecule has 1 amide bonds. The van der Waals surface area contributed by atoms with E-state index in [1.807, 2.05) is 11.8 Å². The first kappa shape index (κ1) is 20.9. The summed E-state index contributed by atoms with van der Waals surface area (Å²) in [6.45, 7) is 6.17. The highest BCUT2D eigenvalue weighted by Gasteiger charge is 2.32. The Hall–Kier alpha value is -1.82. The van der Waals surface area contributed by atoms with Gasteiger partial charge in [-0.2, -0.15) is 0 Å². The van der Waals surface area contributed by atoms with Crippen LogP contribution in [0.5, 0.6) is 5.75 Å². The average Bonchev–Trinajstić information content (AvgIpc) is 2.67. The average molecular weight is 425 g/mol. The summed E-state index contributed by atoms with van der Waals surface area (Å²) in [5.74, 6) is 0.216. The third-order valence-electron chi connectivity index (χ3n) is 4.99. The molecule has 0 bridgehead atoms. The molecule has 2 aromatic rings. The molecule has 7 heteroatoms. The second kappa shape index (κ2) is 9.12. The molecule has 1 saturated heterocycles. The molecule has 150 valence electrons. The Bertz CT molecular complexity index is 832. The molecular weight excluding hydrogens is 402 g/mol. The maximum atomic E-state index is 13.1. The van der Waals surface area contributed by atoms with Gasteiger partial charge in [-0.15, -0.1) is 0 Å². The van der Waals surface area contributed by atoms with Gasteiger partial charge >= 0.3 is 0 Å². The Morgan fingerprint density at radius 1 is 1.07 bits per heavy atom. The molecule has 3 rings (SSSR count). The molecule has 0 N–H and O–H groups in total. The highest BCUT2D eigenvalue weighted by Crippen LogP contribution is 2.26. The van der Waals surface area contributed by atoms with Gasteiger partial charge in [-0.05, 0) is 43.7 Å². The third-order valence-corrected chi connectivity index (χ3v) is 5.73. The standard InChI is InChI=1S/C21H23Cl2FN2O2/c1-14-11-26(21(27)13-28-18-7-8-19(22)20(23)9-18)15(2)10-25(14)12-16-3-5-17(24)6-4-16/h3-9,14-15H,10-13H2,1-2H3/t14-,15+/m1/s1. The van der Waals surface area contributed by atoms with E-state index in [0.717, 1.165) is 18.7 Å². The van der Waals surface area contributed by atoms with Crippen LogP contribution in [0.15, 0.2) is 42.5 Å². The number of carbonyl (C=O) groups excluding carboxylic acids is 1. The molecular formula is C21H23Cl2FN2O2. The van der Waals surface area contributed by atoms with Gasteiger partial charge in [0.25, 0.3) is 5.91 Å². The second-order valence-corrected chi connectivity index (χ2v) is 7.98. The van der Waals surface area contributed by atoms with Crippen molar-refractivity contribution in [1.82, 2.24) is 9.80 Å². The Kier molecular flexibility index (Phi) is 6.81. The van der Waals surface area contributed by atoms with Crippen molar-refractivity contribution in [2.45, 2.75) is 32.5 Å². The number of hydrogen-bond acceptors (Lipinski definition) is 3. The van der Waals surface area contributed by atoms with E-state index in [1.54, 1.807) is 30.3 Å². The monoisotopic (exact) mass is 424 g/mol. The zero-order valence-corrected chi connectivity index (χ0v) is 17.4.